The Morgan fingerprint density at radius 2 is 1.85 bits per heavy atom. The van der Waals surface area contributed by atoms with Crippen molar-refractivity contribution in [3.8, 4) is 5.75 Å². The summed E-state index contributed by atoms with van der Waals surface area (Å²) in [4.78, 5) is 17.2. The number of allylic oxidation sites excluding steroid dienone is 2. The monoisotopic (exact) mass is 369 g/mol. The molecular formula is C21H20ClNO3. The van der Waals surface area contributed by atoms with Crippen LogP contribution in [0.2, 0.25) is 5.02 Å². The molecule has 5 heteroatoms. The molecule has 1 unspecified atom stereocenters. The van der Waals surface area contributed by atoms with Gasteiger partial charge in [-0.25, -0.2) is 4.99 Å². The fourth-order valence-electron chi connectivity index (χ4n) is 3.23. The first-order valence-electron chi connectivity index (χ1n) is 8.39. The van der Waals surface area contributed by atoms with Gasteiger partial charge in [-0.1, -0.05) is 35.9 Å². The minimum atomic E-state index is -0.107. The number of carbonyl (C=O) groups is 1. The first-order valence-corrected chi connectivity index (χ1v) is 8.77. The highest BCUT2D eigenvalue weighted by Gasteiger charge is 2.30. The van der Waals surface area contributed by atoms with Gasteiger partial charge in [0, 0.05) is 17.9 Å². The highest BCUT2D eigenvalue weighted by molar-refractivity contribution is 6.30. The second-order valence-corrected chi connectivity index (χ2v) is 6.71. The van der Waals surface area contributed by atoms with Crippen LogP contribution < -0.4 is 4.74 Å². The number of halogens is 1. The van der Waals surface area contributed by atoms with Crippen molar-refractivity contribution in [1.29, 1.82) is 0 Å². The van der Waals surface area contributed by atoms with Crippen molar-refractivity contribution >= 4 is 28.8 Å². The maximum Gasteiger partial charge on any atom is 0.168 e. The summed E-state index contributed by atoms with van der Waals surface area (Å²) in [7, 11) is 1.57. The quantitative estimate of drug-likeness (QED) is 0.734. The first kappa shape index (κ1) is 18.2. The van der Waals surface area contributed by atoms with Gasteiger partial charge in [0.05, 0.1) is 18.4 Å². The lowest BCUT2D eigenvalue weighted by Crippen LogP contribution is -2.22. The van der Waals surface area contributed by atoms with E-state index in [0.717, 1.165) is 5.56 Å². The first-order chi connectivity index (χ1) is 12.5. The molecule has 1 aliphatic carbocycles. The van der Waals surface area contributed by atoms with Gasteiger partial charge in [0.15, 0.2) is 5.78 Å². The number of hydrogen-bond donors (Lipinski definition) is 1. The molecule has 0 aromatic heterocycles. The highest BCUT2D eigenvalue weighted by Crippen LogP contribution is 2.35. The number of ketones is 1. The number of ether oxygens (including phenoxy) is 1. The largest absolute Gasteiger partial charge is 0.511 e. The fourth-order valence-corrected chi connectivity index (χ4v) is 3.36. The van der Waals surface area contributed by atoms with Gasteiger partial charge in [-0.2, -0.15) is 0 Å². The Morgan fingerprint density at radius 3 is 2.50 bits per heavy atom. The smallest absolute Gasteiger partial charge is 0.168 e. The third kappa shape index (κ3) is 3.81. The van der Waals surface area contributed by atoms with Crippen molar-refractivity contribution in [2.45, 2.75) is 25.7 Å². The van der Waals surface area contributed by atoms with Crippen LogP contribution in [0.5, 0.6) is 5.75 Å². The molecule has 0 bridgehead atoms. The van der Waals surface area contributed by atoms with E-state index in [0.29, 0.717) is 40.6 Å². The summed E-state index contributed by atoms with van der Waals surface area (Å²) in [6.45, 7) is 1.73. The Balaban J connectivity index is 1.90. The fraction of sp³-hybridized carbons (Fsp3) is 0.238. The summed E-state index contributed by atoms with van der Waals surface area (Å²) >= 11 is 5.92. The summed E-state index contributed by atoms with van der Waals surface area (Å²) in [5.41, 5.74) is 2.42. The molecule has 0 aliphatic heterocycles. The predicted octanol–water partition coefficient (Wildman–Crippen LogP) is 5.40. The van der Waals surface area contributed by atoms with Gasteiger partial charge in [0.2, 0.25) is 0 Å². The van der Waals surface area contributed by atoms with Crippen LogP contribution in [0.25, 0.3) is 0 Å². The second-order valence-electron chi connectivity index (χ2n) is 6.27. The minimum absolute atomic E-state index is 0.0532. The Labute approximate surface area is 157 Å². The van der Waals surface area contributed by atoms with Crippen molar-refractivity contribution in [2.24, 2.45) is 4.99 Å². The lowest BCUT2D eigenvalue weighted by Gasteiger charge is -2.24. The number of para-hydroxylation sites is 2. The summed E-state index contributed by atoms with van der Waals surface area (Å²) in [5, 5.41) is 11.2. The van der Waals surface area contributed by atoms with Gasteiger partial charge in [0.25, 0.3) is 0 Å². The highest BCUT2D eigenvalue weighted by atomic mass is 35.5. The number of aliphatic imine (C=N–C) groups is 1. The molecule has 1 atom stereocenters. The van der Waals surface area contributed by atoms with Crippen LogP contribution in [-0.4, -0.2) is 23.7 Å². The zero-order valence-corrected chi connectivity index (χ0v) is 15.5. The predicted molar refractivity (Wildman–Crippen MR) is 104 cm³/mol. The Bertz CT molecular complexity index is 884. The van der Waals surface area contributed by atoms with Gasteiger partial charge >= 0.3 is 0 Å². The number of rotatable bonds is 4. The SMILES string of the molecule is COc1ccccc1N=C(C)C1=C(O)CC(c2ccc(Cl)cc2)CC1=O. The average Bonchev–Trinajstić information content (AvgIpc) is 2.62. The summed E-state index contributed by atoms with van der Waals surface area (Å²) in [5.74, 6) is 0.541. The lowest BCUT2D eigenvalue weighted by atomic mass is 9.81. The average molecular weight is 370 g/mol. The van der Waals surface area contributed by atoms with Crippen molar-refractivity contribution in [3.63, 3.8) is 0 Å². The lowest BCUT2D eigenvalue weighted by molar-refractivity contribution is -0.116. The third-order valence-electron chi connectivity index (χ3n) is 4.52. The Hall–Kier alpha value is -2.59. The van der Waals surface area contributed by atoms with Crippen LogP contribution in [0.3, 0.4) is 0 Å². The third-order valence-corrected chi connectivity index (χ3v) is 4.77. The van der Waals surface area contributed by atoms with E-state index in [-0.39, 0.29) is 17.5 Å². The zero-order chi connectivity index (χ0) is 18.7. The van der Waals surface area contributed by atoms with Gasteiger partial charge in [-0.05, 0) is 42.7 Å². The normalized spacial score (nSPS) is 18.2. The molecule has 0 fully saturated rings. The molecular weight excluding hydrogens is 350 g/mol. The van der Waals surface area contributed by atoms with Gasteiger partial charge < -0.3 is 9.84 Å². The van der Waals surface area contributed by atoms with E-state index in [1.54, 1.807) is 32.2 Å². The standard InChI is InChI=1S/C21H20ClNO3/c1-13(23-17-5-3-4-6-20(17)26-2)21-18(24)11-15(12-19(21)25)14-7-9-16(22)10-8-14/h3-10,15,24H,11-12H2,1-2H3. The molecule has 1 N–H and O–H groups in total. The number of aliphatic hydroxyl groups is 1. The molecule has 134 valence electrons. The number of Topliss-reactive ketones (excluding diaryl/α,β-unsaturated/α-hetero) is 1. The number of benzene rings is 2. The molecule has 0 amide bonds. The van der Waals surface area contributed by atoms with E-state index in [1.165, 1.54) is 0 Å². The second kappa shape index (κ2) is 7.75. The molecule has 0 heterocycles. The number of nitrogens with zero attached hydrogens (tertiary/aromatic N) is 1. The number of hydrogen-bond acceptors (Lipinski definition) is 4. The van der Waals surface area contributed by atoms with Gasteiger partial charge in [-0.15, -0.1) is 0 Å². The molecule has 2 aromatic carbocycles. The summed E-state index contributed by atoms with van der Waals surface area (Å²) in [6, 6.07) is 14.7. The maximum atomic E-state index is 12.7. The van der Waals surface area contributed by atoms with E-state index >= 15 is 0 Å². The zero-order valence-electron chi connectivity index (χ0n) is 14.7. The summed E-state index contributed by atoms with van der Waals surface area (Å²) in [6.07, 6.45) is 0.737. The van der Waals surface area contributed by atoms with Crippen LogP contribution in [-0.2, 0) is 4.79 Å². The molecule has 0 saturated heterocycles. The summed E-state index contributed by atoms with van der Waals surface area (Å²) < 4.78 is 5.29. The van der Waals surface area contributed by atoms with Crippen molar-refractivity contribution in [2.75, 3.05) is 7.11 Å². The molecule has 26 heavy (non-hydrogen) atoms. The van der Waals surface area contributed by atoms with E-state index in [9.17, 15) is 9.90 Å². The molecule has 3 rings (SSSR count). The van der Waals surface area contributed by atoms with E-state index in [2.05, 4.69) is 4.99 Å². The van der Waals surface area contributed by atoms with Crippen molar-refractivity contribution < 1.29 is 14.6 Å². The van der Waals surface area contributed by atoms with Gasteiger partial charge in [-0.3, -0.25) is 4.79 Å². The molecule has 0 saturated carbocycles. The van der Waals surface area contributed by atoms with E-state index < -0.39 is 0 Å². The minimum Gasteiger partial charge on any atom is -0.511 e. The van der Waals surface area contributed by atoms with Crippen LogP contribution in [0.15, 0.2) is 64.9 Å². The van der Waals surface area contributed by atoms with Gasteiger partial charge in [0.1, 0.15) is 17.2 Å². The molecule has 0 spiro atoms. The molecule has 1 aliphatic rings. The van der Waals surface area contributed by atoms with Crippen LogP contribution in [0.1, 0.15) is 31.2 Å². The van der Waals surface area contributed by atoms with Crippen LogP contribution in [0.4, 0.5) is 5.69 Å². The molecule has 4 nitrogen and oxygen atoms in total. The Kier molecular flexibility index (Phi) is 5.43. The van der Waals surface area contributed by atoms with Crippen LogP contribution >= 0.6 is 11.6 Å². The Morgan fingerprint density at radius 1 is 1.15 bits per heavy atom. The maximum absolute atomic E-state index is 12.7. The van der Waals surface area contributed by atoms with Crippen molar-refractivity contribution in [3.05, 3.63) is 70.4 Å². The topological polar surface area (TPSA) is 58.9 Å². The van der Waals surface area contributed by atoms with Crippen LogP contribution in [0, 0.1) is 0 Å². The van der Waals surface area contributed by atoms with E-state index in [4.69, 9.17) is 16.3 Å². The molecule has 2 aromatic rings. The molecule has 0 radical (unpaired) electrons. The number of carbonyl (C=O) groups excluding carboxylic acids is 1. The number of methoxy groups -OCH3 is 1. The van der Waals surface area contributed by atoms with E-state index in [1.807, 2.05) is 30.3 Å². The number of aliphatic hydroxyl groups excluding tert-OH is 1. The van der Waals surface area contributed by atoms with Crippen molar-refractivity contribution in [1.82, 2.24) is 0 Å².